The topological polar surface area (TPSA) is 27.0 Å². The molecular weight excluding hydrogens is 220 g/mol. The first-order valence-electron chi connectivity index (χ1n) is 7.11. The van der Waals surface area contributed by atoms with E-state index in [1.165, 1.54) is 50.0 Å². The van der Waals surface area contributed by atoms with Crippen LogP contribution in [0, 0.1) is 11.3 Å². The van der Waals surface area contributed by atoms with E-state index in [2.05, 4.69) is 35.2 Å². The second-order valence-corrected chi connectivity index (χ2v) is 5.64. The highest BCUT2D eigenvalue weighted by atomic mass is 15.1. The van der Waals surface area contributed by atoms with Crippen molar-refractivity contribution in [1.82, 2.24) is 0 Å². The number of nitrogens with zero attached hydrogens (tertiary/aromatic N) is 2. The summed E-state index contributed by atoms with van der Waals surface area (Å²) in [4.78, 5) is 2.44. The first-order valence-corrected chi connectivity index (χ1v) is 7.11. The number of benzene rings is 1. The highest BCUT2D eigenvalue weighted by molar-refractivity contribution is 5.50. The molecule has 1 saturated carbocycles. The average Bonchev–Trinajstić information content (AvgIpc) is 3.11. The fourth-order valence-electron chi connectivity index (χ4n) is 3.41. The van der Waals surface area contributed by atoms with Crippen molar-refractivity contribution in [1.29, 1.82) is 5.26 Å². The van der Waals surface area contributed by atoms with E-state index in [4.69, 9.17) is 0 Å². The Morgan fingerprint density at radius 2 is 1.56 bits per heavy atom. The summed E-state index contributed by atoms with van der Waals surface area (Å²) in [6.45, 7) is 2.37. The molecule has 1 aromatic carbocycles. The maximum absolute atomic E-state index is 9.49. The number of rotatable bonds is 2. The van der Waals surface area contributed by atoms with Gasteiger partial charge < -0.3 is 4.90 Å². The molecule has 1 heterocycles. The van der Waals surface area contributed by atoms with Gasteiger partial charge >= 0.3 is 0 Å². The number of hydrogen-bond donors (Lipinski definition) is 0. The van der Waals surface area contributed by atoms with Crippen LogP contribution >= 0.6 is 0 Å². The molecule has 18 heavy (non-hydrogen) atoms. The van der Waals surface area contributed by atoms with Crippen LogP contribution in [0.15, 0.2) is 24.3 Å². The minimum Gasteiger partial charge on any atom is -0.372 e. The van der Waals surface area contributed by atoms with Crippen LogP contribution in [0.4, 0.5) is 5.69 Å². The summed E-state index contributed by atoms with van der Waals surface area (Å²) in [5.74, 6) is 0. The second kappa shape index (κ2) is 4.65. The molecule has 0 spiro atoms. The maximum Gasteiger partial charge on any atom is 0.0822 e. The Kier molecular flexibility index (Phi) is 2.99. The third-order valence-electron chi connectivity index (χ3n) is 4.56. The molecule has 2 heteroatoms. The van der Waals surface area contributed by atoms with Crippen LogP contribution in [-0.2, 0) is 5.41 Å². The normalized spacial score (nSPS) is 22.1. The zero-order valence-electron chi connectivity index (χ0n) is 10.9. The van der Waals surface area contributed by atoms with Gasteiger partial charge in [0.25, 0.3) is 0 Å². The fourth-order valence-corrected chi connectivity index (χ4v) is 3.41. The number of nitriles is 1. The van der Waals surface area contributed by atoms with Crippen molar-refractivity contribution in [3.05, 3.63) is 29.8 Å². The van der Waals surface area contributed by atoms with Gasteiger partial charge in [-0.15, -0.1) is 0 Å². The summed E-state index contributed by atoms with van der Waals surface area (Å²) in [6.07, 6.45) is 7.08. The third-order valence-corrected chi connectivity index (χ3v) is 4.56. The Morgan fingerprint density at radius 3 is 2.11 bits per heavy atom. The Morgan fingerprint density at radius 1 is 0.944 bits per heavy atom. The van der Waals surface area contributed by atoms with Crippen molar-refractivity contribution >= 4 is 5.69 Å². The minimum absolute atomic E-state index is 0.191. The summed E-state index contributed by atoms with van der Waals surface area (Å²) >= 11 is 0. The Bertz CT molecular complexity index is 443. The van der Waals surface area contributed by atoms with Crippen molar-refractivity contribution in [3.63, 3.8) is 0 Å². The Labute approximate surface area is 109 Å². The lowest BCUT2D eigenvalue weighted by Gasteiger charge is -2.23. The fraction of sp³-hybridized carbons (Fsp3) is 0.562. The Balaban J connectivity index is 1.84. The molecule has 0 bridgehead atoms. The van der Waals surface area contributed by atoms with Crippen LogP contribution in [0.3, 0.4) is 0 Å². The van der Waals surface area contributed by atoms with Gasteiger partial charge in [0.05, 0.1) is 11.5 Å². The standard InChI is InChI=1S/C16H20N2/c17-13-16(9-1-2-10-16)14-5-7-15(8-6-14)18-11-3-4-12-18/h5-8H,1-4,9-12H2. The number of anilines is 1. The molecule has 3 rings (SSSR count). The first kappa shape index (κ1) is 11.6. The molecule has 2 aliphatic rings. The van der Waals surface area contributed by atoms with Gasteiger partial charge in [0.1, 0.15) is 0 Å². The van der Waals surface area contributed by atoms with Crippen LogP contribution in [-0.4, -0.2) is 13.1 Å². The van der Waals surface area contributed by atoms with Crippen molar-refractivity contribution in [2.24, 2.45) is 0 Å². The average molecular weight is 240 g/mol. The summed E-state index contributed by atoms with van der Waals surface area (Å²) in [5, 5.41) is 9.49. The van der Waals surface area contributed by atoms with E-state index < -0.39 is 0 Å². The maximum atomic E-state index is 9.49. The molecule has 0 amide bonds. The van der Waals surface area contributed by atoms with Gasteiger partial charge in [0.2, 0.25) is 0 Å². The molecule has 0 unspecified atom stereocenters. The van der Waals surface area contributed by atoms with Crippen LogP contribution in [0.25, 0.3) is 0 Å². The molecule has 0 aromatic heterocycles. The monoisotopic (exact) mass is 240 g/mol. The second-order valence-electron chi connectivity index (χ2n) is 5.64. The lowest BCUT2D eigenvalue weighted by molar-refractivity contribution is 0.573. The highest BCUT2D eigenvalue weighted by Gasteiger charge is 2.35. The molecule has 2 fully saturated rings. The predicted molar refractivity (Wildman–Crippen MR) is 73.6 cm³/mol. The van der Waals surface area contributed by atoms with E-state index in [0.717, 1.165) is 12.8 Å². The predicted octanol–water partition coefficient (Wildman–Crippen LogP) is 3.62. The molecular formula is C16H20N2. The van der Waals surface area contributed by atoms with Crippen molar-refractivity contribution in [2.45, 2.75) is 43.9 Å². The van der Waals surface area contributed by atoms with Gasteiger partial charge in [0, 0.05) is 18.8 Å². The van der Waals surface area contributed by atoms with E-state index in [0.29, 0.717) is 0 Å². The summed E-state index contributed by atoms with van der Waals surface area (Å²) in [6, 6.07) is 11.3. The van der Waals surface area contributed by atoms with Crippen LogP contribution in [0.1, 0.15) is 44.1 Å². The molecule has 1 aliphatic heterocycles. The van der Waals surface area contributed by atoms with Gasteiger partial charge in [0.15, 0.2) is 0 Å². The lowest BCUT2D eigenvalue weighted by Crippen LogP contribution is -2.20. The molecule has 2 nitrogen and oxygen atoms in total. The van der Waals surface area contributed by atoms with Crippen LogP contribution in [0.5, 0.6) is 0 Å². The molecule has 1 saturated heterocycles. The van der Waals surface area contributed by atoms with E-state index in [-0.39, 0.29) is 5.41 Å². The largest absolute Gasteiger partial charge is 0.372 e. The minimum atomic E-state index is -0.191. The molecule has 0 atom stereocenters. The van der Waals surface area contributed by atoms with Crippen molar-refractivity contribution in [3.8, 4) is 6.07 Å². The first-order chi connectivity index (χ1) is 8.84. The smallest absolute Gasteiger partial charge is 0.0822 e. The van der Waals surface area contributed by atoms with Gasteiger partial charge in [-0.25, -0.2) is 0 Å². The molecule has 1 aromatic rings. The van der Waals surface area contributed by atoms with Crippen molar-refractivity contribution in [2.75, 3.05) is 18.0 Å². The molecule has 0 N–H and O–H groups in total. The molecule has 0 radical (unpaired) electrons. The van der Waals surface area contributed by atoms with Gasteiger partial charge in [-0.05, 0) is 43.4 Å². The van der Waals surface area contributed by atoms with Crippen LogP contribution in [0.2, 0.25) is 0 Å². The van der Waals surface area contributed by atoms with Crippen molar-refractivity contribution < 1.29 is 0 Å². The third kappa shape index (κ3) is 1.88. The SMILES string of the molecule is N#CC1(c2ccc(N3CCCC3)cc2)CCCC1. The molecule has 94 valence electrons. The Hall–Kier alpha value is -1.49. The van der Waals surface area contributed by atoms with Gasteiger partial charge in [-0.3, -0.25) is 0 Å². The van der Waals surface area contributed by atoms with E-state index in [1.807, 2.05) is 0 Å². The zero-order valence-corrected chi connectivity index (χ0v) is 10.9. The van der Waals surface area contributed by atoms with Gasteiger partial charge in [-0.1, -0.05) is 25.0 Å². The number of hydrogen-bond acceptors (Lipinski definition) is 2. The summed E-state index contributed by atoms with van der Waals surface area (Å²) in [5.41, 5.74) is 2.36. The summed E-state index contributed by atoms with van der Waals surface area (Å²) < 4.78 is 0. The van der Waals surface area contributed by atoms with E-state index in [1.54, 1.807) is 0 Å². The lowest BCUT2D eigenvalue weighted by atomic mass is 9.80. The molecule has 1 aliphatic carbocycles. The highest BCUT2D eigenvalue weighted by Crippen LogP contribution is 2.41. The van der Waals surface area contributed by atoms with E-state index in [9.17, 15) is 5.26 Å². The van der Waals surface area contributed by atoms with Gasteiger partial charge in [-0.2, -0.15) is 5.26 Å². The van der Waals surface area contributed by atoms with Crippen LogP contribution < -0.4 is 4.90 Å². The summed E-state index contributed by atoms with van der Waals surface area (Å²) in [7, 11) is 0. The zero-order chi connectivity index (χ0) is 12.4. The quantitative estimate of drug-likeness (QED) is 0.789. The van der Waals surface area contributed by atoms with E-state index >= 15 is 0 Å².